The van der Waals surface area contributed by atoms with Crippen LogP contribution in [0.4, 0.5) is 4.39 Å². The van der Waals surface area contributed by atoms with E-state index in [0.717, 1.165) is 11.8 Å². The third-order valence-corrected chi connectivity index (χ3v) is 3.05. The number of hydrogen-bond acceptors (Lipinski definition) is 4. The maximum absolute atomic E-state index is 13.0. The molecule has 0 aliphatic heterocycles. The van der Waals surface area contributed by atoms with Crippen LogP contribution in [-0.4, -0.2) is 29.7 Å². The Morgan fingerprint density at radius 1 is 1.39 bits per heavy atom. The third-order valence-electron chi connectivity index (χ3n) is 2.23. The van der Waals surface area contributed by atoms with Crippen LogP contribution in [0.3, 0.4) is 0 Å². The molecular weight excluding hydrogens is 257 g/mol. The topological polar surface area (TPSA) is 64.8 Å². The van der Waals surface area contributed by atoms with Gasteiger partial charge in [0.15, 0.2) is 9.84 Å². The molecule has 7 heteroatoms. The summed E-state index contributed by atoms with van der Waals surface area (Å²) in [5.74, 6) is -0.458. The van der Waals surface area contributed by atoms with Crippen molar-refractivity contribution in [2.75, 3.05) is 6.26 Å². The standard InChI is InChI=1S/C11H12FN3O2S/c1-18(16,17)8-11-7-15(14-13-11)6-9-3-2-4-10(12)5-9/h2-5,7H,6,8H2,1H3. The SMILES string of the molecule is CS(=O)(=O)Cc1cn(Cc2cccc(F)c2)nn1. The van der Waals surface area contributed by atoms with E-state index in [9.17, 15) is 12.8 Å². The van der Waals surface area contributed by atoms with Crippen LogP contribution in [-0.2, 0) is 22.1 Å². The maximum Gasteiger partial charge on any atom is 0.153 e. The van der Waals surface area contributed by atoms with Crippen molar-refractivity contribution in [1.82, 2.24) is 15.0 Å². The van der Waals surface area contributed by atoms with Gasteiger partial charge < -0.3 is 0 Å². The molecule has 1 heterocycles. The Bertz CT molecular complexity index is 652. The van der Waals surface area contributed by atoms with E-state index in [1.165, 1.54) is 16.8 Å². The number of benzene rings is 1. The Labute approximate surface area is 104 Å². The van der Waals surface area contributed by atoms with Gasteiger partial charge in [-0.2, -0.15) is 0 Å². The van der Waals surface area contributed by atoms with Crippen LogP contribution in [0.15, 0.2) is 30.5 Å². The zero-order chi connectivity index (χ0) is 13.2. The molecule has 2 aromatic rings. The zero-order valence-corrected chi connectivity index (χ0v) is 10.6. The molecule has 0 spiro atoms. The molecule has 0 amide bonds. The van der Waals surface area contributed by atoms with Gasteiger partial charge >= 0.3 is 0 Å². The van der Waals surface area contributed by atoms with Gasteiger partial charge in [0.05, 0.1) is 18.0 Å². The maximum atomic E-state index is 13.0. The zero-order valence-electron chi connectivity index (χ0n) is 9.75. The predicted octanol–water partition coefficient (Wildman–Crippen LogP) is 1.01. The van der Waals surface area contributed by atoms with Crippen LogP contribution in [0, 0.1) is 5.82 Å². The lowest BCUT2D eigenvalue weighted by molar-refractivity contribution is 0.600. The Morgan fingerprint density at radius 3 is 2.83 bits per heavy atom. The second kappa shape index (κ2) is 4.85. The fourth-order valence-electron chi connectivity index (χ4n) is 1.57. The molecule has 0 saturated carbocycles. The average Bonchev–Trinajstić information content (AvgIpc) is 2.62. The molecule has 5 nitrogen and oxygen atoms in total. The smallest absolute Gasteiger partial charge is 0.153 e. The molecular formula is C11H12FN3O2S. The molecule has 0 saturated heterocycles. The van der Waals surface area contributed by atoms with Crippen LogP contribution in [0.2, 0.25) is 0 Å². The van der Waals surface area contributed by atoms with Gasteiger partial charge in [-0.25, -0.2) is 17.5 Å². The van der Waals surface area contributed by atoms with Crippen LogP contribution in [0.1, 0.15) is 11.3 Å². The van der Waals surface area contributed by atoms with Crippen molar-refractivity contribution in [1.29, 1.82) is 0 Å². The number of rotatable bonds is 4. The molecule has 0 fully saturated rings. The molecule has 18 heavy (non-hydrogen) atoms. The lowest BCUT2D eigenvalue weighted by atomic mass is 10.2. The van der Waals surface area contributed by atoms with E-state index < -0.39 is 9.84 Å². The summed E-state index contributed by atoms with van der Waals surface area (Å²) in [6.07, 6.45) is 2.69. The van der Waals surface area contributed by atoms with E-state index in [-0.39, 0.29) is 11.6 Å². The highest BCUT2D eigenvalue weighted by molar-refractivity contribution is 7.89. The van der Waals surface area contributed by atoms with Crippen LogP contribution in [0.5, 0.6) is 0 Å². The molecule has 96 valence electrons. The van der Waals surface area contributed by atoms with Gasteiger partial charge in [0, 0.05) is 12.5 Å². The minimum Gasteiger partial charge on any atom is -0.248 e. The van der Waals surface area contributed by atoms with Crippen molar-refractivity contribution < 1.29 is 12.8 Å². The van der Waals surface area contributed by atoms with Gasteiger partial charge in [-0.15, -0.1) is 5.10 Å². The minimum atomic E-state index is -3.12. The van der Waals surface area contributed by atoms with Crippen LogP contribution < -0.4 is 0 Å². The van der Waals surface area contributed by atoms with E-state index in [0.29, 0.717) is 12.2 Å². The van der Waals surface area contributed by atoms with E-state index in [2.05, 4.69) is 10.3 Å². The molecule has 0 radical (unpaired) electrons. The largest absolute Gasteiger partial charge is 0.248 e. The highest BCUT2D eigenvalue weighted by Gasteiger charge is 2.08. The summed E-state index contributed by atoms with van der Waals surface area (Å²) < 4.78 is 36.6. The number of sulfone groups is 1. The first-order valence-corrected chi connectivity index (χ1v) is 7.29. The van der Waals surface area contributed by atoms with Gasteiger partial charge in [0.25, 0.3) is 0 Å². The molecule has 1 aromatic carbocycles. The normalized spacial score (nSPS) is 11.7. The highest BCUT2D eigenvalue weighted by Crippen LogP contribution is 2.06. The predicted molar refractivity (Wildman–Crippen MR) is 64.1 cm³/mol. The summed E-state index contributed by atoms with van der Waals surface area (Å²) in [6.45, 7) is 0.356. The quantitative estimate of drug-likeness (QED) is 0.831. The molecule has 0 unspecified atom stereocenters. The van der Waals surface area contributed by atoms with Gasteiger partial charge in [0.2, 0.25) is 0 Å². The summed E-state index contributed by atoms with van der Waals surface area (Å²) in [5, 5.41) is 7.57. The molecule has 0 aliphatic rings. The third kappa shape index (κ3) is 3.63. The summed E-state index contributed by atoms with van der Waals surface area (Å²) in [4.78, 5) is 0. The second-order valence-corrected chi connectivity index (χ2v) is 6.25. The van der Waals surface area contributed by atoms with E-state index in [4.69, 9.17) is 0 Å². The van der Waals surface area contributed by atoms with Crippen molar-refractivity contribution in [2.45, 2.75) is 12.3 Å². The molecule has 0 atom stereocenters. The van der Waals surface area contributed by atoms with E-state index >= 15 is 0 Å². The molecule has 0 bridgehead atoms. The fourth-order valence-corrected chi connectivity index (χ4v) is 2.24. The van der Waals surface area contributed by atoms with E-state index in [1.807, 2.05) is 0 Å². The first-order valence-electron chi connectivity index (χ1n) is 5.23. The summed E-state index contributed by atoms with van der Waals surface area (Å²) >= 11 is 0. The van der Waals surface area contributed by atoms with Crippen molar-refractivity contribution in [3.05, 3.63) is 47.5 Å². The molecule has 0 N–H and O–H groups in total. The van der Waals surface area contributed by atoms with Crippen molar-refractivity contribution in [2.24, 2.45) is 0 Å². The number of aromatic nitrogens is 3. The number of nitrogens with zero attached hydrogens (tertiary/aromatic N) is 3. The molecule has 1 aromatic heterocycles. The van der Waals surface area contributed by atoms with Crippen molar-refractivity contribution in [3.63, 3.8) is 0 Å². The molecule has 2 rings (SSSR count). The number of halogens is 1. The fraction of sp³-hybridized carbons (Fsp3) is 0.273. The van der Waals surface area contributed by atoms with Gasteiger partial charge in [-0.3, -0.25) is 0 Å². The highest BCUT2D eigenvalue weighted by atomic mass is 32.2. The Hall–Kier alpha value is -1.76. The van der Waals surface area contributed by atoms with Gasteiger partial charge in [-0.05, 0) is 17.7 Å². The summed E-state index contributed by atoms with van der Waals surface area (Å²) in [5.41, 5.74) is 1.12. The monoisotopic (exact) mass is 269 g/mol. The van der Waals surface area contributed by atoms with Crippen molar-refractivity contribution >= 4 is 9.84 Å². The van der Waals surface area contributed by atoms with Gasteiger partial charge in [-0.1, -0.05) is 17.3 Å². The average molecular weight is 269 g/mol. The van der Waals surface area contributed by atoms with Gasteiger partial charge in [0.1, 0.15) is 5.82 Å². The van der Waals surface area contributed by atoms with Crippen molar-refractivity contribution in [3.8, 4) is 0 Å². The van der Waals surface area contributed by atoms with Crippen LogP contribution >= 0.6 is 0 Å². The first kappa shape index (κ1) is 12.7. The first-order chi connectivity index (χ1) is 8.42. The summed E-state index contributed by atoms with van der Waals surface area (Å²) in [7, 11) is -3.12. The lowest BCUT2D eigenvalue weighted by Gasteiger charge is -2.00. The summed E-state index contributed by atoms with van der Waals surface area (Å²) in [6, 6.07) is 6.14. The van der Waals surface area contributed by atoms with Crippen LogP contribution in [0.25, 0.3) is 0 Å². The lowest BCUT2D eigenvalue weighted by Crippen LogP contribution is -2.01. The Morgan fingerprint density at radius 2 is 2.17 bits per heavy atom. The number of hydrogen-bond donors (Lipinski definition) is 0. The molecule has 0 aliphatic carbocycles. The van der Waals surface area contributed by atoms with E-state index in [1.54, 1.807) is 18.3 Å². The Balaban J connectivity index is 2.12. The minimum absolute atomic E-state index is 0.143. The second-order valence-electron chi connectivity index (χ2n) is 4.11. The Kier molecular flexibility index (Phi) is 3.42.